The SMILES string of the molecule is CCc1nnc(NCc2nc(-c3ccccc3)cs2)s1. The van der Waals surface area contributed by atoms with Crippen LogP contribution in [0.4, 0.5) is 5.13 Å². The largest absolute Gasteiger partial charge is 0.354 e. The van der Waals surface area contributed by atoms with Gasteiger partial charge in [-0.3, -0.25) is 0 Å². The van der Waals surface area contributed by atoms with Crippen LogP contribution in [0.3, 0.4) is 0 Å². The Morgan fingerprint density at radius 1 is 1.10 bits per heavy atom. The Bertz CT molecular complexity index is 675. The molecule has 0 saturated carbocycles. The van der Waals surface area contributed by atoms with Crippen LogP contribution in [0.15, 0.2) is 35.7 Å². The molecule has 0 fully saturated rings. The Hall–Kier alpha value is -1.79. The fraction of sp³-hybridized carbons (Fsp3) is 0.214. The molecule has 2 heterocycles. The van der Waals surface area contributed by atoms with Crippen molar-refractivity contribution in [3.63, 3.8) is 0 Å². The summed E-state index contributed by atoms with van der Waals surface area (Å²) in [4.78, 5) is 4.63. The van der Waals surface area contributed by atoms with Crippen LogP contribution in [0.1, 0.15) is 16.9 Å². The first-order valence-corrected chi connectivity index (χ1v) is 8.11. The quantitative estimate of drug-likeness (QED) is 0.778. The van der Waals surface area contributed by atoms with Crippen LogP contribution in [0.5, 0.6) is 0 Å². The van der Waals surface area contributed by atoms with Crippen LogP contribution in [-0.2, 0) is 13.0 Å². The third kappa shape index (κ3) is 3.02. The van der Waals surface area contributed by atoms with Gasteiger partial charge in [-0.1, -0.05) is 48.6 Å². The van der Waals surface area contributed by atoms with E-state index in [0.717, 1.165) is 32.8 Å². The van der Waals surface area contributed by atoms with E-state index in [0.29, 0.717) is 6.54 Å². The lowest BCUT2D eigenvalue weighted by molar-refractivity contribution is 0.973. The summed E-state index contributed by atoms with van der Waals surface area (Å²) in [5, 5.41) is 16.5. The van der Waals surface area contributed by atoms with Crippen LogP contribution in [0.2, 0.25) is 0 Å². The summed E-state index contributed by atoms with van der Waals surface area (Å²) in [6.07, 6.45) is 0.925. The number of benzene rings is 1. The summed E-state index contributed by atoms with van der Waals surface area (Å²) in [5.74, 6) is 0. The number of thiazole rings is 1. The van der Waals surface area contributed by atoms with Crippen molar-refractivity contribution in [1.82, 2.24) is 15.2 Å². The topological polar surface area (TPSA) is 50.7 Å². The zero-order valence-electron chi connectivity index (χ0n) is 11.0. The number of anilines is 1. The molecule has 3 aromatic rings. The van der Waals surface area contributed by atoms with Crippen LogP contribution in [0.25, 0.3) is 11.3 Å². The average molecular weight is 302 g/mol. The average Bonchev–Trinajstić information content (AvgIpc) is 3.15. The first-order chi connectivity index (χ1) is 9.85. The maximum atomic E-state index is 4.63. The molecule has 4 nitrogen and oxygen atoms in total. The predicted octanol–water partition coefficient (Wildman–Crippen LogP) is 3.84. The van der Waals surface area contributed by atoms with E-state index in [-0.39, 0.29) is 0 Å². The summed E-state index contributed by atoms with van der Waals surface area (Å²) < 4.78 is 0. The lowest BCUT2D eigenvalue weighted by Crippen LogP contribution is -1.98. The molecule has 3 rings (SSSR count). The Balaban J connectivity index is 1.65. The van der Waals surface area contributed by atoms with Gasteiger partial charge in [-0.2, -0.15) is 0 Å². The summed E-state index contributed by atoms with van der Waals surface area (Å²) in [7, 11) is 0. The highest BCUT2D eigenvalue weighted by molar-refractivity contribution is 7.15. The zero-order valence-corrected chi connectivity index (χ0v) is 12.7. The molecular formula is C14H14N4S2. The minimum absolute atomic E-state index is 0.690. The van der Waals surface area contributed by atoms with Crippen molar-refractivity contribution in [2.75, 3.05) is 5.32 Å². The second-order valence-electron chi connectivity index (χ2n) is 4.20. The molecule has 0 aliphatic carbocycles. The lowest BCUT2D eigenvalue weighted by atomic mass is 10.2. The van der Waals surface area contributed by atoms with Crippen molar-refractivity contribution in [3.8, 4) is 11.3 Å². The van der Waals surface area contributed by atoms with Crippen LogP contribution >= 0.6 is 22.7 Å². The van der Waals surface area contributed by atoms with Crippen LogP contribution in [-0.4, -0.2) is 15.2 Å². The number of nitrogens with one attached hydrogen (secondary N) is 1. The van der Waals surface area contributed by atoms with Crippen molar-refractivity contribution in [2.45, 2.75) is 19.9 Å². The van der Waals surface area contributed by atoms with Gasteiger partial charge in [0.15, 0.2) is 0 Å². The number of rotatable bonds is 5. The van der Waals surface area contributed by atoms with E-state index in [9.17, 15) is 0 Å². The first-order valence-electron chi connectivity index (χ1n) is 6.41. The molecule has 0 radical (unpaired) electrons. The minimum Gasteiger partial charge on any atom is -0.354 e. The molecule has 20 heavy (non-hydrogen) atoms. The van der Waals surface area contributed by atoms with Gasteiger partial charge in [0.2, 0.25) is 5.13 Å². The summed E-state index contributed by atoms with van der Waals surface area (Å²) in [5.41, 5.74) is 2.18. The number of hydrogen-bond acceptors (Lipinski definition) is 6. The van der Waals surface area contributed by atoms with Gasteiger partial charge in [-0.05, 0) is 6.42 Å². The normalized spacial score (nSPS) is 10.7. The number of nitrogens with zero attached hydrogens (tertiary/aromatic N) is 3. The van der Waals surface area contributed by atoms with Gasteiger partial charge in [0.1, 0.15) is 10.0 Å². The highest BCUT2D eigenvalue weighted by Gasteiger charge is 2.06. The van der Waals surface area contributed by atoms with E-state index in [1.165, 1.54) is 0 Å². The van der Waals surface area contributed by atoms with Crippen LogP contribution < -0.4 is 5.32 Å². The molecule has 0 bridgehead atoms. The molecular weight excluding hydrogens is 288 g/mol. The van der Waals surface area contributed by atoms with Gasteiger partial charge in [0, 0.05) is 10.9 Å². The molecule has 0 unspecified atom stereocenters. The summed E-state index contributed by atoms with van der Waals surface area (Å²) in [6, 6.07) is 10.2. The Morgan fingerprint density at radius 2 is 1.95 bits per heavy atom. The lowest BCUT2D eigenvalue weighted by Gasteiger charge is -1.97. The third-order valence-electron chi connectivity index (χ3n) is 2.78. The minimum atomic E-state index is 0.690. The highest BCUT2D eigenvalue weighted by Crippen LogP contribution is 2.22. The molecule has 102 valence electrons. The molecule has 6 heteroatoms. The Kier molecular flexibility index (Phi) is 4.03. The molecule has 0 aliphatic rings. The Labute approximate surface area is 125 Å². The maximum absolute atomic E-state index is 4.63. The summed E-state index contributed by atoms with van der Waals surface area (Å²) in [6.45, 7) is 2.77. The van der Waals surface area contributed by atoms with Crippen molar-refractivity contribution < 1.29 is 0 Å². The molecule has 0 spiro atoms. The Morgan fingerprint density at radius 3 is 2.70 bits per heavy atom. The third-order valence-corrected chi connectivity index (χ3v) is 4.66. The maximum Gasteiger partial charge on any atom is 0.206 e. The standard InChI is InChI=1S/C14H14N4S2/c1-2-12-17-18-14(20-12)15-8-13-16-11(9-19-13)10-6-4-3-5-7-10/h3-7,9H,2,8H2,1H3,(H,15,18). The van der Waals surface area contributed by atoms with E-state index >= 15 is 0 Å². The number of aryl methyl sites for hydroxylation is 1. The first kappa shape index (κ1) is 13.2. The van der Waals surface area contributed by atoms with Crippen LogP contribution in [0, 0.1) is 0 Å². The van der Waals surface area contributed by atoms with Crippen molar-refractivity contribution in [2.24, 2.45) is 0 Å². The second-order valence-corrected chi connectivity index (χ2v) is 6.21. The van der Waals surface area contributed by atoms with E-state index in [4.69, 9.17) is 0 Å². The van der Waals surface area contributed by atoms with E-state index < -0.39 is 0 Å². The molecule has 0 atom stereocenters. The van der Waals surface area contributed by atoms with Gasteiger partial charge < -0.3 is 5.32 Å². The van der Waals surface area contributed by atoms with Gasteiger partial charge >= 0.3 is 0 Å². The fourth-order valence-corrected chi connectivity index (χ4v) is 3.17. The second kappa shape index (κ2) is 6.11. The van der Waals surface area contributed by atoms with Gasteiger partial charge in [-0.25, -0.2) is 4.98 Å². The number of hydrogen-bond donors (Lipinski definition) is 1. The molecule has 2 aromatic heterocycles. The highest BCUT2D eigenvalue weighted by atomic mass is 32.1. The van der Waals surface area contributed by atoms with Crippen molar-refractivity contribution >= 4 is 27.8 Å². The van der Waals surface area contributed by atoms with Crippen molar-refractivity contribution in [1.29, 1.82) is 0 Å². The smallest absolute Gasteiger partial charge is 0.206 e. The fourth-order valence-electron chi connectivity index (χ4n) is 1.75. The van der Waals surface area contributed by atoms with E-state index in [1.807, 2.05) is 18.2 Å². The predicted molar refractivity (Wildman–Crippen MR) is 84.2 cm³/mol. The molecule has 1 N–H and O–H groups in total. The van der Waals surface area contributed by atoms with E-state index in [1.54, 1.807) is 22.7 Å². The van der Waals surface area contributed by atoms with Gasteiger partial charge in [0.25, 0.3) is 0 Å². The zero-order chi connectivity index (χ0) is 13.8. The molecule has 0 saturated heterocycles. The number of aromatic nitrogens is 3. The molecule has 0 amide bonds. The van der Waals surface area contributed by atoms with Gasteiger partial charge in [0.05, 0.1) is 12.2 Å². The summed E-state index contributed by atoms with van der Waals surface area (Å²) >= 11 is 3.26. The molecule has 0 aliphatic heterocycles. The monoisotopic (exact) mass is 302 g/mol. The molecule has 1 aromatic carbocycles. The van der Waals surface area contributed by atoms with Gasteiger partial charge in [-0.15, -0.1) is 21.5 Å². The van der Waals surface area contributed by atoms with E-state index in [2.05, 4.69) is 44.9 Å². The van der Waals surface area contributed by atoms with Crippen molar-refractivity contribution in [3.05, 3.63) is 45.7 Å².